The molecular weight excluding hydrogens is 236 g/mol. The van der Waals surface area contributed by atoms with Crippen LogP contribution in [0.2, 0.25) is 0 Å². The molecule has 0 aromatic heterocycles. The monoisotopic (exact) mass is 248 g/mol. The molecule has 4 heteroatoms. The lowest BCUT2D eigenvalue weighted by molar-refractivity contribution is -0.135. The molecule has 0 aromatic carbocycles. The Morgan fingerprint density at radius 3 is 3.24 bits per heavy atom. The van der Waals surface area contributed by atoms with Gasteiger partial charge in [0.25, 0.3) is 0 Å². The van der Waals surface area contributed by atoms with Crippen LogP contribution in [0, 0.1) is 18.3 Å². The molecule has 2 rings (SSSR count). The van der Waals surface area contributed by atoms with Crippen LogP contribution in [0.25, 0.3) is 0 Å². The standard InChI is InChI=1S/C13H12O3S/c1-3-6-16-10-5-4-9-7-12(13(14)15-2)17-11(9)8-10/h1,5,7-9H,4,6H2,2H3. The zero-order valence-corrected chi connectivity index (χ0v) is 10.3. The molecular formula is C13H12O3S. The predicted octanol–water partition coefficient (Wildman–Crippen LogP) is 2.23. The van der Waals surface area contributed by atoms with Crippen LogP contribution in [0.15, 0.2) is 33.8 Å². The minimum atomic E-state index is -0.281. The highest BCUT2D eigenvalue weighted by Gasteiger charge is 2.28. The van der Waals surface area contributed by atoms with E-state index in [9.17, 15) is 4.79 Å². The summed E-state index contributed by atoms with van der Waals surface area (Å²) < 4.78 is 10.1. The Morgan fingerprint density at radius 1 is 1.71 bits per heavy atom. The summed E-state index contributed by atoms with van der Waals surface area (Å²) >= 11 is 1.44. The van der Waals surface area contributed by atoms with Crippen molar-refractivity contribution in [3.63, 3.8) is 0 Å². The van der Waals surface area contributed by atoms with Gasteiger partial charge in [0.05, 0.1) is 12.0 Å². The Bertz CT molecular complexity index is 466. The third-order valence-electron chi connectivity index (χ3n) is 2.51. The lowest BCUT2D eigenvalue weighted by Crippen LogP contribution is -2.02. The molecule has 0 spiro atoms. The maximum atomic E-state index is 11.4. The average molecular weight is 248 g/mol. The van der Waals surface area contributed by atoms with Crippen LogP contribution in [0.3, 0.4) is 0 Å². The Balaban J connectivity index is 2.05. The molecule has 2 aliphatic rings. The van der Waals surface area contributed by atoms with Gasteiger partial charge in [0.1, 0.15) is 12.4 Å². The summed E-state index contributed by atoms with van der Waals surface area (Å²) in [6, 6.07) is 0. The van der Waals surface area contributed by atoms with Crippen LogP contribution in [0.1, 0.15) is 6.42 Å². The van der Waals surface area contributed by atoms with Crippen molar-refractivity contribution in [2.24, 2.45) is 5.92 Å². The topological polar surface area (TPSA) is 35.5 Å². The van der Waals surface area contributed by atoms with Crippen molar-refractivity contribution in [1.29, 1.82) is 0 Å². The molecule has 1 aliphatic heterocycles. The Kier molecular flexibility index (Phi) is 3.60. The molecule has 0 radical (unpaired) electrons. The van der Waals surface area contributed by atoms with Gasteiger partial charge < -0.3 is 9.47 Å². The van der Waals surface area contributed by atoms with Crippen LogP contribution < -0.4 is 0 Å². The Labute approximate surface area is 105 Å². The molecule has 17 heavy (non-hydrogen) atoms. The van der Waals surface area contributed by atoms with Gasteiger partial charge >= 0.3 is 5.97 Å². The number of esters is 1. The third kappa shape index (κ3) is 2.56. The SMILES string of the molecule is C#CCOC1=CCC2C=C(C(=O)OC)SC2=C1. The molecule has 0 aromatic rings. The smallest absolute Gasteiger partial charge is 0.344 e. The second-order valence-corrected chi connectivity index (χ2v) is 4.73. The molecule has 1 heterocycles. The van der Waals surface area contributed by atoms with E-state index in [1.54, 1.807) is 0 Å². The molecule has 3 nitrogen and oxygen atoms in total. The molecule has 0 amide bonds. The van der Waals surface area contributed by atoms with Crippen LogP contribution in [0.4, 0.5) is 0 Å². The van der Waals surface area contributed by atoms with Gasteiger partial charge in [0, 0.05) is 10.8 Å². The number of hydrogen-bond acceptors (Lipinski definition) is 4. The Hall–Kier alpha value is -1.60. The maximum Gasteiger partial charge on any atom is 0.344 e. The fourth-order valence-corrected chi connectivity index (χ4v) is 2.84. The first-order valence-electron chi connectivity index (χ1n) is 5.20. The van der Waals surface area contributed by atoms with Gasteiger partial charge in [0.2, 0.25) is 0 Å². The second-order valence-electron chi connectivity index (χ2n) is 3.61. The normalized spacial score (nSPS) is 21.6. The van der Waals surface area contributed by atoms with Crippen molar-refractivity contribution in [3.05, 3.63) is 33.8 Å². The lowest BCUT2D eigenvalue weighted by atomic mass is 9.99. The van der Waals surface area contributed by atoms with Gasteiger partial charge in [-0.05, 0) is 18.6 Å². The van der Waals surface area contributed by atoms with E-state index in [-0.39, 0.29) is 18.5 Å². The predicted molar refractivity (Wildman–Crippen MR) is 66.7 cm³/mol. The molecule has 1 unspecified atom stereocenters. The molecule has 0 bridgehead atoms. The van der Waals surface area contributed by atoms with Crippen LogP contribution in [-0.2, 0) is 14.3 Å². The highest BCUT2D eigenvalue weighted by atomic mass is 32.2. The van der Waals surface area contributed by atoms with Gasteiger partial charge in [-0.15, -0.1) is 6.42 Å². The maximum absolute atomic E-state index is 11.4. The van der Waals surface area contributed by atoms with E-state index in [1.165, 1.54) is 18.9 Å². The van der Waals surface area contributed by atoms with Crippen LogP contribution >= 0.6 is 11.8 Å². The molecule has 1 atom stereocenters. The number of fused-ring (bicyclic) bond motifs is 1. The number of carbonyl (C=O) groups excluding carboxylic acids is 1. The minimum absolute atomic E-state index is 0.266. The first-order valence-corrected chi connectivity index (χ1v) is 6.02. The summed E-state index contributed by atoms with van der Waals surface area (Å²) in [5, 5.41) is 0. The number of thioether (sulfide) groups is 1. The summed E-state index contributed by atoms with van der Waals surface area (Å²) in [5.41, 5.74) is 0. The first kappa shape index (κ1) is 11.9. The fraction of sp³-hybridized carbons (Fsp3) is 0.308. The van der Waals surface area contributed by atoms with Crippen molar-refractivity contribution < 1.29 is 14.3 Å². The van der Waals surface area contributed by atoms with Crippen molar-refractivity contribution >= 4 is 17.7 Å². The van der Waals surface area contributed by atoms with E-state index in [0.717, 1.165) is 17.1 Å². The average Bonchev–Trinajstić information content (AvgIpc) is 2.78. The summed E-state index contributed by atoms with van der Waals surface area (Å²) in [6.45, 7) is 0.266. The lowest BCUT2D eigenvalue weighted by Gasteiger charge is -2.15. The number of ether oxygens (including phenoxy) is 2. The number of hydrogen-bond donors (Lipinski definition) is 0. The van der Waals surface area contributed by atoms with E-state index >= 15 is 0 Å². The fourth-order valence-electron chi connectivity index (χ4n) is 1.70. The zero-order chi connectivity index (χ0) is 12.3. The summed E-state index contributed by atoms with van der Waals surface area (Å²) in [5.74, 6) is 3.19. The van der Waals surface area contributed by atoms with Gasteiger partial charge in [-0.1, -0.05) is 23.8 Å². The molecule has 0 saturated carbocycles. The largest absolute Gasteiger partial charge is 0.481 e. The van der Waals surface area contributed by atoms with Gasteiger partial charge in [-0.25, -0.2) is 4.79 Å². The number of allylic oxidation sites excluding steroid dienone is 4. The van der Waals surface area contributed by atoms with E-state index in [4.69, 9.17) is 15.9 Å². The zero-order valence-electron chi connectivity index (χ0n) is 9.43. The van der Waals surface area contributed by atoms with Gasteiger partial charge in [-0.3, -0.25) is 0 Å². The van der Waals surface area contributed by atoms with Crippen LogP contribution in [-0.4, -0.2) is 19.7 Å². The molecule has 0 N–H and O–H groups in total. The van der Waals surface area contributed by atoms with Gasteiger partial charge in [-0.2, -0.15) is 0 Å². The molecule has 1 aliphatic carbocycles. The van der Waals surface area contributed by atoms with Crippen molar-refractivity contribution in [2.45, 2.75) is 6.42 Å². The molecule has 0 fully saturated rings. The second kappa shape index (κ2) is 5.15. The summed E-state index contributed by atoms with van der Waals surface area (Å²) in [7, 11) is 1.39. The van der Waals surface area contributed by atoms with Crippen molar-refractivity contribution in [1.82, 2.24) is 0 Å². The number of methoxy groups -OCH3 is 1. The van der Waals surface area contributed by atoms with E-state index < -0.39 is 0 Å². The van der Waals surface area contributed by atoms with Crippen molar-refractivity contribution in [3.8, 4) is 12.3 Å². The highest BCUT2D eigenvalue weighted by Crippen LogP contribution is 2.44. The van der Waals surface area contributed by atoms with E-state index in [2.05, 4.69) is 5.92 Å². The Morgan fingerprint density at radius 2 is 2.53 bits per heavy atom. The highest BCUT2D eigenvalue weighted by molar-refractivity contribution is 8.07. The quantitative estimate of drug-likeness (QED) is 0.567. The number of rotatable bonds is 3. The summed E-state index contributed by atoms with van der Waals surface area (Å²) in [4.78, 5) is 13.2. The molecule has 0 saturated heterocycles. The number of carbonyl (C=O) groups is 1. The van der Waals surface area contributed by atoms with E-state index in [0.29, 0.717) is 4.91 Å². The van der Waals surface area contributed by atoms with Crippen LogP contribution in [0.5, 0.6) is 0 Å². The number of terminal acetylenes is 1. The summed E-state index contributed by atoms with van der Waals surface area (Å²) in [6.07, 6.45) is 11.8. The van der Waals surface area contributed by atoms with Gasteiger partial charge in [0.15, 0.2) is 0 Å². The van der Waals surface area contributed by atoms with E-state index in [1.807, 2.05) is 18.2 Å². The minimum Gasteiger partial charge on any atom is -0.481 e. The third-order valence-corrected chi connectivity index (χ3v) is 3.69. The molecule has 88 valence electrons. The van der Waals surface area contributed by atoms with Crippen molar-refractivity contribution in [2.75, 3.05) is 13.7 Å². The first-order chi connectivity index (χ1) is 8.24.